The smallest absolute Gasteiger partial charge is 0.179 e. The number of halogens is 2. The molecule has 0 unspecified atom stereocenters. The summed E-state index contributed by atoms with van der Waals surface area (Å²) in [5.41, 5.74) is 0.627. The van der Waals surface area contributed by atoms with Crippen LogP contribution in [-0.4, -0.2) is 29.8 Å². The summed E-state index contributed by atoms with van der Waals surface area (Å²) in [6.45, 7) is 4.12. The van der Waals surface area contributed by atoms with Crippen LogP contribution in [0.4, 0.5) is 4.39 Å². The number of ketones is 1. The molecule has 1 aromatic rings. The van der Waals surface area contributed by atoms with Gasteiger partial charge in [-0.15, -0.1) is 12.4 Å². The Labute approximate surface area is 120 Å². The van der Waals surface area contributed by atoms with Gasteiger partial charge in [-0.3, -0.25) is 9.69 Å². The van der Waals surface area contributed by atoms with Crippen molar-refractivity contribution in [2.75, 3.05) is 13.1 Å². The minimum Gasteiger partial charge on any atom is -0.293 e. The van der Waals surface area contributed by atoms with Gasteiger partial charge in [-0.05, 0) is 56.6 Å². The molecule has 0 aliphatic carbocycles. The zero-order valence-electron chi connectivity index (χ0n) is 11.3. The number of hydrogen-bond acceptors (Lipinski definition) is 2. The molecule has 106 valence electrons. The third-order valence-corrected chi connectivity index (χ3v) is 3.57. The standard InChI is InChI=1S/C15H20FNO.ClH/c1-2-5-14(17-10-3-4-11-17)15(18)12-6-8-13(16)9-7-12;/h6-9,14H,2-5,10-11H2,1H3;1H/t14-;/m1./s1. The third kappa shape index (κ3) is 4.02. The van der Waals surface area contributed by atoms with Crippen molar-refractivity contribution in [3.63, 3.8) is 0 Å². The molecule has 1 atom stereocenters. The first-order valence-corrected chi connectivity index (χ1v) is 6.76. The van der Waals surface area contributed by atoms with Gasteiger partial charge >= 0.3 is 0 Å². The summed E-state index contributed by atoms with van der Waals surface area (Å²) in [4.78, 5) is 14.7. The van der Waals surface area contributed by atoms with Gasteiger partial charge in [0.25, 0.3) is 0 Å². The van der Waals surface area contributed by atoms with Gasteiger partial charge in [0.1, 0.15) is 5.82 Å². The van der Waals surface area contributed by atoms with Crippen LogP contribution in [0.1, 0.15) is 43.0 Å². The molecule has 1 heterocycles. The van der Waals surface area contributed by atoms with Gasteiger partial charge in [0.15, 0.2) is 5.78 Å². The maximum atomic E-state index is 12.9. The van der Waals surface area contributed by atoms with Crippen molar-refractivity contribution in [3.8, 4) is 0 Å². The van der Waals surface area contributed by atoms with E-state index in [9.17, 15) is 9.18 Å². The topological polar surface area (TPSA) is 20.3 Å². The van der Waals surface area contributed by atoms with Crippen molar-refractivity contribution in [2.45, 2.75) is 38.6 Å². The van der Waals surface area contributed by atoms with Crippen molar-refractivity contribution in [1.82, 2.24) is 4.90 Å². The Hall–Kier alpha value is -0.930. The molecular formula is C15H21ClFNO. The number of likely N-dealkylation sites (tertiary alicyclic amines) is 1. The molecule has 1 fully saturated rings. The summed E-state index contributed by atoms with van der Waals surface area (Å²) < 4.78 is 12.9. The lowest BCUT2D eigenvalue weighted by atomic mass is 9.99. The normalized spacial score (nSPS) is 16.9. The van der Waals surface area contributed by atoms with Gasteiger partial charge < -0.3 is 0 Å². The van der Waals surface area contributed by atoms with E-state index in [1.165, 1.54) is 25.0 Å². The van der Waals surface area contributed by atoms with Gasteiger partial charge in [-0.1, -0.05) is 13.3 Å². The zero-order chi connectivity index (χ0) is 13.0. The number of carbonyl (C=O) groups excluding carboxylic acids is 1. The fraction of sp³-hybridized carbons (Fsp3) is 0.533. The molecule has 0 bridgehead atoms. The minimum atomic E-state index is -0.292. The molecule has 1 aliphatic heterocycles. The first-order chi connectivity index (χ1) is 8.72. The lowest BCUT2D eigenvalue weighted by Gasteiger charge is -2.26. The second-order valence-electron chi connectivity index (χ2n) is 4.92. The molecule has 0 saturated carbocycles. The highest BCUT2D eigenvalue weighted by molar-refractivity contribution is 6.00. The highest BCUT2D eigenvalue weighted by atomic mass is 35.5. The van der Waals surface area contributed by atoms with Crippen LogP contribution in [-0.2, 0) is 0 Å². The van der Waals surface area contributed by atoms with Crippen LogP contribution in [0.5, 0.6) is 0 Å². The Morgan fingerprint density at radius 2 is 1.84 bits per heavy atom. The second kappa shape index (κ2) is 7.61. The van der Waals surface area contributed by atoms with E-state index >= 15 is 0 Å². The predicted molar refractivity (Wildman–Crippen MR) is 77.5 cm³/mol. The molecule has 0 aromatic heterocycles. The Kier molecular flexibility index (Phi) is 6.46. The van der Waals surface area contributed by atoms with Crippen LogP contribution in [0.25, 0.3) is 0 Å². The monoisotopic (exact) mass is 285 g/mol. The van der Waals surface area contributed by atoms with E-state index in [2.05, 4.69) is 11.8 Å². The summed E-state index contributed by atoms with van der Waals surface area (Å²) in [5, 5.41) is 0. The highest BCUT2D eigenvalue weighted by Crippen LogP contribution is 2.19. The number of hydrogen-bond donors (Lipinski definition) is 0. The molecule has 0 radical (unpaired) electrons. The molecule has 1 aromatic carbocycles. The average molecular weight is 286 g/mol. The van der Waals surface area contributed by atoms with Crippen LogP contribution in [0, 0.1) is 5.82 Å². The molecular weight excluding hydrogens is 265 g/mol. The molecule has 2 rings (SSSR count). The van der Waals surface area contributed by atoms with Crippen molar-refractivity contribution in [3.05, 3.63) is 35.6 Å². The van der Waals surface area contributed by atoms with Gasteiger partial charge in [-0.2, -0.15) is 0 Å². The summed E-state index contributed by atoms with van der Waals surface area (Å²) in [5.74, 6) is -0.154. The number of Topliss-reactive ketones (excluding diaryl/α,β-unsaturated/α-hetero) is 1. The Morgan fingerprint density at radius 1 is 1.26 bits per heavy atom. The Balaban J connectivity index is 0.00000180. The zero-order valence-corrected chi connectivity index (χ0v) is 12.1. The lowest BCUT2D eigenvalue weighted by molar-refractivity contribution is 0.0837. The average Bonchev–Trinajstić information content (AvgIpc) is 2.90. The molecule has 2 nitrogen and oxygen atoms in total. The Morgan fingerprint density at radius 3 is 2.37 bits per heavy atom. The molecule has 0 spiro atoms. The van der Waals surface area contributed by atoms with E-state index in [-0.39, 0.29) is 30.0 Å². The largest absolute Gasteiger partial charge is 0.293 e. The molecule has 4 heteroatoms. The summed E-state index contributed by atoms with van der Waals surface area (Å²) >= 11 is 0. The van der Waals surface area contributed by atoms with Crippen LogP contribution >= 0.6 is 12.4 Å². The summed E-state index contributed by atoms with van der Waals surface area (Å²) in [6.07, 6.45) is 4.23. The van der Waals surface area contributed by atoms with Gasteiger partial charge in [0, 0.05) is 5.56 Å². The van der Waals surface area contributed by atoms with Crippen LogP contribution in [0.2, 0.25) is 0 Å². The number of rotatable bonds is 5. The van der Waals surface area contributed by atoms with E-state index in [1.54, 1.807) is 12.1 Å². The van der Waals surface area contributed by atoms with Crippen LogP contribution in [0.15, 0.2) is 24.3 Å². The number of carbonyl (C=O) groups is 1. The first-order valence-electron chi connectivity index (χ1n) is 6.76. The predicted octanol–water partition coefficient (Wildman–Crippen LogP) is 3.69. The van der Waals surface area contributed by atoms with Crippen molar-refractivity contribution in [2.24, 2.45) is 0 Å². The first kappa shape index (κ1) is 16.1. The van der Waals surface area contributed by atoms with E-state index in [4.69, 9.17) is 0 Å². The van der Waals surface area contributed by atoms with Gasteiger partial charge in [0.2, 0.25) is 0 Å². The van der Waals surface area contributed by atoms with Crippen molar-refractivity contribution >= 4 is 18.2 Å². The Bertz CT molecular complexity index is 401. The lowest BCUT2D eigenvalue weighted by Crippen LogP contribution is -2.39. The number of nitrogens with zero attached hydrogens (tertiary/aromatic N) is 1. The maximum Gasteiger partial charge on any atom is 0.179 e. The molecule has 0 N–H and O–H groups in total. The third-order valence-electron chi connectivity index (χ3n) is 3.57. The quantitative estimate of drug-likeness (QED) is 0.769. The van der Waals surface area contributed by atoms with Crippen LogP contribution < -0.4 is 0 Å². The summed E-state index contributed by atoms with van der Waals surface area (Å²) in [7, 11) is 0. The van der Waals surface area contributed by atoms with E-state index in [1.807, 2.05) is 0 Å². The fourth-order valence-corrected chi connectivity index (χ4v) is 2.61. The van der Waals surface area contributed by atoms with Crippen molar-refractivity contribution in [1.29, 1.82) is 0 Å². The van der Waals surface area contributed by atoms with Crippen LogP contribution in [0.3, 0.4) is 0 Å². The SMILES string of the molecule is CCC[C@H](C(=O)c1ccc(F)cc1)N1CCCC1.Cl. The second-order valence-corrected chi connectivity index (χ2v) is 4.92. The summed E-state index contributed by atoms with van der Waals surface area (Å²) in [6, 6.07) is 5.88. The number of benzene rings is 1. The van der Waals surface area contributed by atoms with Crippen molar-refractivity contribution < 1.29 is 9.18 Å². The fourth-order valence-electron chi connectivity index (χ4n) is 2.61. The molecule has 1 saturated heterocycles. The maximum absolute atomic E-state index is 12.9. The van der Waals surface area contributed by atoms with Gasteiger partial charge in [-0.25, -0.2) is 4.39 Å². The molecule has 0 amide bonds. The minimum absolute atomic E-state index is 0. The molecule has 1 aliphatic rings. The van der Waals surface area contributed by atoms with E-state index in [0.717, 1.165) is 25.9 Å². The molecule has 19 heavy (non-hydrogen) atoms. The van der Waals surface area contributed by atoms with E-state index < -0.39 is 0 Å². The van der Waals surface area contributed by atoms with E-state index in [0.29, 0.717) is 5.56 Å². The van der Waals surface area contributed by atoms with Gasteiger partial charge in [0.05, 0.1) is 6.04 Å². The highest BCUT2D eigenvalue weighted by Gasteiger charge is 2.27.